The van der Waals surface area contributed by atoms with E-state index in [0.29, 0.717) is 33.5 Å². The lowest BCUT2D eigenvalue weighted by molar-refractivity contribution is 0.102. The van der Waals surface area contributed by atoms with Gasteiger partial charge in [-0.15, -0.1) is 0 Å². The van der Waals surface area contributed by atoms with Crippen LogP contribution in [0.4, 0.5) is 5.69 Å². The monoisotopic (exact) mass is 393 g/mol. The van der Waals surface area contributed by atoms with Crippen LogP contribution in [0.15, 0.2) is 48.5 Å². The molecule has 25 heavy (non-hydrogen) atoms. The van der Waals surface area contributed by atoms with Gasteiger partial charge in [-0.2, -0.15) is 5.10 Å². The zero-order valence-electron chi connectivity index (χ0n) is 13.3. The zero-order chi connectivity index (χ0) is 18.0. The van der Waals surface area contributed by atoms with E-state index < -0.39 is 0 Å². The first kappa shape index (κ1) is 17.8. The Balaban J connectivity index is 1.85. The first-order chi connectivity index (χ1) is 12.0. The molecule has 3 aromatic rings. The lowest BCUT2D eigenvalue weighted by atomic mass is 10.2. The van der Waals surface area contributed by atoms with E-state index in [1.165, 1.54) is 0 Å². The second-order valence-electron chi connectivity index (χ2n) is 5.46. The Bertz CT molecular complexity index is 920. The summed E-state index contributed by atoms with van der Waals surface area (Å²) in [5, 5.41) is 8.65. The Kier molecular flexibility index (Phi) is 5.33. The van der Waals surface area contributed by atoms with Gasteiger partial charge in [-0.1, -0.05) is 53.0 Å². The fraction of sp³-hybridized carbons (Fsp3) is 0.111. The van der Waals surface area contributed by atoms with Crippen LogP contribution in [0.25, 0.3) is 0 Å². The van der Waals surface area contributed by atoms with E-state index in [1.54, 1.807) is 41.9 Å². The molecule has 0 atom stereocenters. The minimum absolute atomic E-state index is 0.267. The number of rotatable bonds is 4. The van der Waals surface area contributed by atoms with E-state index in [0.717, 1.165) is 5.56 Å². The molecule has 0 aliphatic carbocycles. The molecular formula is C18H14Cl3N3O. The summed E-state index contributed by atoms with van der Waals surface area (Å²) >= 11 is 18.4. The molecule has 0 spiro atoms. The van der Waals surface area contributed by atoms with Gasteiger partial charge in [-0.05, 0) is 42.8 Å². The predicted molar refractivity (Wildman–Crippen MR) is 102 cm³/mol. The molecule has 0 saturated carbocycles. The van der Waals surface area contributed by atoms with Crippen molar-refractivity contribution in [2.24, 2.45) is 0 Å². The average Bonchev–Trinajstić information content (AvgIpc) is 2.86. The molecule has 0 aliphatic heterocycles. The van der Waals surface area contributed by atoms with Gasteiger partial charge in [0, 0.05) is 15.7 Å². The van der Waals surface area contributed by atoms with Gasteiger partial charge in [0.05, 0.1) is 17.8 Å². The second kappa shape index (κ2) is 7.48. The van der Waals surface area contributed by atoms with Gasteiger partial charge in [0.15, 0.2) is 0 Å². The molecule has 4 nitrogen and oxygen atoms in total. The van der Waals surface area contributed by atoms with E-state index >= 15 is 0 Å². The van der Waals surface area contributed by atoms with Crippen LogP contribution in [-0.2, 0) is 6.54 Å². The van der Waals surface area contributed by atoms with Crippen LogP contribution in [0, 0.1) is 6.92 Å². The van der Waals surface area contributed by atoms with Crippen LogP contribution in [-0.4, -0.2) is 15.7 Å². The van der Waals surface area contributed by atoms with Crippen LogP contribution in [0.1, 0.15) is 21.6 Å². The van der Waals surface area contributed by atoms with E-state index in [4.69, 9.17) is 34.8 Å². The maximum absolute atomic E-state index is 12.6. The number of amides is 1. The maximum Gasteiger partial charge on any atom is 0.260 e. The third kappa shape index (κ3) is 3.98. The Morgan fingerprint density at radius 3 is 2.44 bits per heavy atom. The molecule has 1 aromatic heterocycles. The van der Waals surface area contributed by atoms with Gasteiger partial charge >= 0.3 is 0 Å². The Labute approximate surface area is 160 Å². The molecule has 128 valence electrons. The highest BCUT2D eigenvalue weighted by Gasteiger charge is 2.21. The van der Waals surface area contributed by atoms with Gasteiger partial charge in [0.1, 0.15) is 5.15 Å². The largest absolute Gasteiger partial charge is 0.322 e. The van der Waals surface area contributed by atoms with E-state index in [9.17, 15) is 4.79 Å². The van der Waals surface area contributed by atoms with E-state index in [-0.39, 0.29) is 11.1 Å². The Hall–Kier alpha value is -2.01. The highest BCUT2D eigenvalue weighted by atomic mass is 35.5. The number of aromatic nitrogens is 2. The number of halogens is 3. The van der Waals surface area contributed by atoms with Crippen molar-refractivity contribution in [3.63, 3.8) is 0 Å². The molecular weight excluding hydrogens is 381 g/mol. The third-order valence-electron chi connectivity index (χ3n) is 3.67. The summed E-state index contributed by atoms with van der Waals surface area (Å²) in [5.74, 6) is -0.324. The van der Waals surface area contributed by atoms with Crippen molar-refractivity contribution in [3.8, 4) is 0 Å². The smallest absolute Gasteiger partial charge is 0.260 e. The van der Waals surface area contributed by atoms with Crippen molar-refractivity contribution < 1.29 is 4.79 Å². The fourth-order valence-electron chi connectivity index (χ4n) is 2.43. The van der Waals surface area contributed by atoms with Crippen molar-refractivity contribution in [3.05, 3.63) is 80.6 Å². The maximum atomic E-state index is 12.6. The number of nitrogens with one attached hydrogen (secondary N) is 1. The number of nitrogens with zero attached hydrogens (tertiary/aromatic N) is 2. The first-order valence-corrected chi connectivity index (χ1v) is 8.62. The summed E-state index contributed by atoms with van der Waals surface area (Å²) in [6.07, 6.45) is 0. The highest BCUT2D eigenvalue weighted by molar-refractivity contribution is 6.34. The van der Waals surface area contributed by atoms with Crippen molar-refractivity contribution >= 4 is 46.4 Å². The molecule has 0 aliphatic rings. The van der Waals surface area contributed by atoms with Gasteiger partial charge < -0.3 is 5.32 Å². The van der Waals surface area contributed by atoms with Crippen LogP contribution in [0.2, 0.25) is 15.2 Å². The number of hydrogen-bond acceptors (Lipinski definition) is 2. The number of hydrogen-bond donors (Lipinski definition) is 1. The first-order valence-electron chi connectivity index (χ1n) is 7.49. The van der Waals surface area contributed by atoms with Crippen molar-refractivity contribution in [1.29, 1.82) is 0 Å². The van der Waals surface area contributed by atoms with E-state index in [2.05, 4.69) is 10.4 Å². The van der Waals surface area contributed by atoms with Crippen molar-refractivity contribution in [2.75, 3.05) is 5.32 Å². The second-order valence-corrected chi connectivity index (χ2v) is 6.66. The standard InChI is InChI=1S/C18H14Cl3N3O/c1-11-16(18(25)22-14-8-6-13(19)7-9-14)17(21)24(23-11)10-12-4-2-3-5-15(12)20/h2-9H,10H2,1H3,(H,22,25). The topological polar surface area (TPSA) is 46.9 Å². The lowest BCUT2D eigenvalue weighted by Gasteiger charge is -2.07. The zero-order valence-corrected chi connectivity index (χ0v) is 15.5. The van der Waals surface area contributed by atoms with Crippen LogP contribution in [0.5, 0.6) is 0 Å². The molecule has 1 N–H and O–H groups in total. The van der Waals surface area contributed by atoms with Crippen molar-refractivity contribution in [1.82, 2.24) is 9.78 Å². The van der Waals surface area contributed by atoms with Gasteiger partial charge in [0.2, 0.25) is 0 Å². The molecule has 0 unspecified atom stereocenters. The van der Waals surface area contributed by atoms with Crippen LogP contribution in [0.3, 0.4) is 0 Å². The van der Waals surface area contributed by atoms with Gasteiger partial charge in [-0.3, -0.25) is 4.79 Å². The van der Waals surface area contributed by atoms with Gasteiger partial charge in [0.25, 0.3) is 5.91 Å². The summed E-state index contributed by atoms with van der Waals surface area (Å²) in [6, 6.07) is 14.3. The summed E-state index contributed by atoms with van der Waals surface area (Å²) < 4.78 is 1.56. The molecule has 3 rings (SSSR count). The minimum Gasteiger partial charge on any atom is -0.322 e. The molecule has 0 fully saturated rings. The Morgan fingerprint density at radius 1 is 1.08 bits per heavy atom. The number of benzene rings is 2. The molecule has 0 radical (unpaired) electrons. The lowest BCUT2D eigenvalue weighted by Crippen LogP contribution is -2.13. The molecule has 2 aromatic carbocycles. The SMILES string of the molecule is Cc1nn(Cc2ccccc2Cl)c(Cl)c1C(=O)Nc1ccc(Cl)cc1. The van der Waals surface area contributed by atoms with E-state index in [1.807, 2.05) is 18.2 Å². The quantitative estimate of drug-likeness (QED) is 0.639. The number of carbonyl (C=O) groups excluding carboxylic acids is 1. The Morgan fingerprint density at radius 2 is 1.76 bits per heavy atom. The number of anilines is 1. The fourth-order valence-corrected chi connectivity index (χ4v) is 3.07. The van der Waals surface area contributed by atoms with Crippen LogP contribution >= 0.6 is 34.8 Å². The number of carbonyl (C=O) groups is 1. The predicted octanol–water partition coefficient (Wildman–Crippen LogP) is 5.45. The normalized spacial score (nSPS) is 10.7. The molecule has 0 bridgehead atoms. The summed E-state index contributed by atoms with van der Waals surface area (Å²) in [7, 11) is 0. The summed E-state index contributed by atoms with van der Waals surface area (Å²) in [6.45, 7) is 2.12. The van der Waals surface area contributed by atoms with Crippen molar-refractivity contribution in [2.45, 2.75) is 13.5 Å². The molecule has 1 heterocycles. The van der Waals surface area contributed by atoms with Gasteiger partial charge in [-0.25, -0.2) is 4.68 Å². The van der Waals surface area contributed by atoms with Crippen LogP contribution < -0.4 is 5.32 Å². The average molecular weight is 395 g/mol. The third-order valence-corrected chi connectivity index (χ3v) is 4.68. The number of aryl methyl sites for hydroxylation is 1. The summed E-state index contributed by atoms with van der Waals surface area (Å²) in [5.41, 5.74) is 2.38. The molecule has 7 heteroatoms. The minimum atomic E-state index is -0.324. The highest BCUT2D eigenvalue weighted by Crippen LogP contribution is 2.24. The summed E-state index contributed by atoms with van der Waals surface area (Å²) in [4.78, 5) is 12.6. The molecule has 1 amide bonds. The molecule has 0 saturated heterocycles.